The summed E-state index contributed by atoms with van der Waals surface area (Å²) in [6.45, 7) is 1.49. The Bertz CT molecular complexity index is 1050. The number of fused-ring (bicyclic) bond motifs is 3. The molecule has 0 saturated heterocycles. The first-order chi connectivity index (χ1) is 13.0. The van der Waals surface area contributed by atoms with Crippen LogP contribution in [0.5, 0.6) is 5.88 Å². The summed E-state index contributed by atoms with van der Waals surface area (Å²) in [4.78, 5) is 18.3. The number of halogens is 1. The minimum atomic E-state index is -0.589. The molecule has 1 atom stereocenters. The molecule has 136 valence electrons. The lowest BCUT2D eigenvalue weighted by Gasteiger charge is -2.32. The van der Waals surface area contributed by atoms with Gasteiger partial charge in [0.1, 0.15) is 0 Å². The number of anilines is 1. The fraction of sp³-hybridized carbons (Fsp3) is 0.158. The Hall–Kier alpha value is -2.64. The zero-order valence-corrected chi connectivity index (χ0v) is 16.2. The lowest BCUT2D eigenvalue weighted by Crippen LogP contribution is -2.58. The number of benzene rings is 2. The predicted molar refractivity (Wildman–Crippen MR) is 102 cm³/mol. The molecular formula is C19H15ClN4O2S. The number of rotatable bonds is 2. The van der Waals surface area contributed by atoms with Gasteiger partial charge in [-0.05, 0) is 24.5 Å². The van der Waals surface area contributed by atoms with Crippen LogP contribution in [0.4, 0.5) is 5.69 Å². The van der Waals surface area contributed by atoms with Crippen LogP contribution in [0, 0.1) is 0 Å². The van der Waals surface area contributed by atoms with Crippen LogP contribution in [0.1, 0.15) is 18.7 Å². The zero-order chi connectivity index (χ0) is 19.1. The molecule has 0 fully saturated rings. The maximum Gasteiger partial charge on any atom is 0.293 e. The van der Waals surface area contributed by atoms with Crippen molar-refractivity contribution in [2.75, 3.05) is 11.2 Å². The summed E-state index contributed by atoms with van der Waals surface area (Å²) >= 11 is 7.45. The van der Waals surface area contributed by atoms with Crippen molar-refractivity contribution in [1.82, 2.24) is 10.1 Å². The van der Waals surface area contributed by atoms with Crippen LogP contribution in [0.3, 0.4) is 0 Å². The van der Waals surface area contributed by atoms with Crippen molar-refractivity contribution >= 4 is 35.0 Å². The fourth-order valence-corrected chi connectivity index (χ4v) is 3.83. The summed E-state index contributed by atoms with van der Waals surface area (Å²) < 4.78 is 1.58. The first-order valence-electron chi connectivity index (χ1n) is 8.21. The van der Waals surface area contributed by atoms with E-state index in [-0.39, 0.29) is 5.91 Å². The number of carbonyl (C=O) groups excluding carboxylic acids is 1. The van der Waals surface area contributed by atoms with Gasteiger partial charge in [0.2, 0.25) is 5.91 Å². The summed E-state index contributed by atoms with van der Waals surface area (Å²) in [7, 11) is 0. The minimum Gasteiger partial charge on any atom is -0.854 e. The van der Waals surface area contributed by atoms with Crippen molar-refractivity contribution in [1.29, 1.82) is 0 Å². The van der Waals surface area contributed by atoms with Crippen LogP contribution >= 0.6 is 23.4 Å². The van der Waals surface area contributed by atoms with E-state index >= 15 is 0 Å². The molecule has 4 rings (SSSR count). The summed E-state index contributed by atoms with van der Waals surface area (Å²) in [5.74, 6) is -0.565. The molecule has 0 aliphatic carbocycles. The van der Waals surface area contributed by atoms with Gasteiger partial charge in [0.15, 0.2) is 0 Å². The monoisotopic (exact) mass is 398 g/mol. The molecule has 2 heterocycles. The van der Waals surface area contributed by atoms with Gasteiger partial charge in [-0.2, -0.15) is 0 Å². The molecule has 1 aromatic heterocycles. The minimum absolute atomic E-state index is 0.165. The summed E-state index contributed by atoms with van der Waals surface area (Å²) in [6.07, 6.45) is 1.21. The SMILES string of the molecule is CSc1nc([O-])c2[n+](n1)C(c1ccccc1)N(C(C)=O)c1ccc(Cl)cc1-2. The molecule has 3 aromatic rings. The maximum absolute atomic E-state index is 12.8. The quantitative estimate of drug-likeness (QED) is 0.490. The molecule has 2 aromatic carbocycles. The molecular weight excluding hydrogens is 384 g/mol. The maximum atomic E-state index is 12.8. The molecule has 27 heavy (non-hydrogen) atoms. The second-order valence-corrected chi connectivity index (χ2v) is 7.24. The second kappa shape index (κ2) is 6.83. The van der Waals surface area contributed by atoms with Gasteiger partial charge in [-0.3, -0.25) is 4.79 Å². The van der Waals surface area contributed by atoms with Crippen LogP contribution in [0.15, 0.2) is 53.7 Å². The predicted octanol–water partition coefficient (Wildman–Crippen LogP) is 2.79. The van der Waals surface area contributed by atoms with Gasteiger partial charge in [0.05, 0.1) is 17.1 Å². The molecule has 1 unspecified atom stereocenters. The number of aromatic nitrogens is 3. The van der Waals surface area contributed by atoms with E-state index in [1.807, 2.05) is 30.3 Å². The molecule has 0 saturated carbocycles. The fourth-order valence-electron chi connectivity index (χ4n) is 3.31. The summed E-state index contributed by atoms with van der Waals surface area (Å²) in [5, 5.41) is 18.2. The van der Waals surface area contributed by atoms with Crippen molar-refractivity contribution in [3.63, 3.8) is 0 Å². The molecule has 1 amide bonds. The third-order valence-corrected chi connectivity index (χ3v) is 5.16. The van der Waals surface area contributed by atoms with Crippen LogP contribution in [0.25, 0.3) is 11.3 Å². The Morgan fingerprint density at radius 1 is 1.26 bits per heavy atom. The molecule has 0 radical (unpaired) electrons. The average Bonchev–Trinajstić information content (AvgIpc) is 2.66. The lowest BCUT2D eigenvalue weighted by atomic mass is 10.0. The van der Waals surface area contributed by atoms with Gasteiger partial charge in [0.25, 0.3) is 17.0 Å². The van der Waals surface area contributed by atoms with E-state index in [2.05, 4.69) is 10.1 Å². The summed E-state index contributed by atoms with van der Waals surface area (Å²) in [6, 6.07) is 14.6. The Balaban J connectivity index is 2.10. The van der Waals surface area contributed by atoms with E-state index in [1.54, 1.807) is 34.0 Å². The molecule has 0 N–H and O–H groups in total. The highest BCUT2D eigenvalue weighted by atomic mass is 35.5. The third-order valence-electron chi connectivity index (χ3n) is 4.39. The van der Waals surface area contributed by atoms with Crippen molar-refractivity contribution in [3.8, 4) is 17.1 Å². The number of amides is 1. The van der Waals surface area contributed by atoms with Crippen molar-refractivity contribution in [2.45, 2.75) is 18.2 Å². The van der Waals surface area contributed by atoms with Gasteiger partial charge >= 0.3 is 0 Å². The van der Waals surface area contributed by atoms with E-state index in [1.165, 1.54) is 18.7 Å². The Morgan fingerprint density at radius 2 is 2.00 bits per heavy atom. The van der Waals surface area contributed by atoms with Gasteiger partial charge in [-0.15, -0.1) is 0 Å². The highest BCUT2D eigenvalue weighted by Crippen LogP contribution is 2.41. The van der Waals surface area contributed by atoms with Crippen LogP contribution in [0.2, 0.25) is 5.02 Å². The standard InChI is InChI=1S/C19H15ClN4O2S/c1-11(25)23-15-9-8-13(20)10-14(15)16-17(26)21-19(27-2)22-24(16)18(23)12-6-4-3-5-7-12/h3-10,18H,1-2H3. The lowest BCUT2D eigenvalue weighted by molar-refractivity contribution is -0.764. The van der Waals surface area contributed by atoms with Crippen molar-refractivity contribution in [3.05, 3.63) is 59.1 Å². The largest absolute Gasteiger partial charge is 0.854 e. The first kappa shape index (κ1) is 17.8. The normalized spacial score (nSPS) is 15.2. The number of nitrogens with zero attached hydrogens (tertiary/aromatic N) is 4. The van der Waals surface area contributed by atoms with E-state index in [0.717, 1.165) is 5.56 Å². The Morgan fingerprint density at radius 3 is 2.67 bits per heavy atom. The second-order valence-electron chi connectivity index (χ2n) is 6.03. The molecule has 8 heteroatoms. The van der Waals surface area contributed by atoms with E-state index in [9.17, 15) is 9.90 Å². The van der Waals surface area contributed by atoms with Crippen molar-refractivity contribution in [2.24, 2.45) is 0 Å². The average molecular weight is 399 g/mol. The number of hydrogen-bond donors (Lipinski definition) is 0. The Kier molecular flexibility index (Phi) is 4.49. The van der Waals surface area contributed by atoms with Gasteiger partial charge < -0.3 is 5.11 Å². The first-order valence-corrected chi connectivity index (χ1v) is 9.81. The number of carbonyl (C=O) groups is 1. The highest BCUT2D eigenvalue weighted by Gasteiger charge is 2.43. The van der Waals surface area contributed by atoms with Crippen LogP contribution in [-0.4, -0.2) is 22.2 Å². The Labute approximate surface area is 165 Å². The van der Waals surface area contributed by atoms with E-state index < -0.39 is 12.0 Å². The van der Waals surface area contributed by atoms with Gasteiger partial charge in [0, 0.05) is 22.6 Å². The van der Waals surface area contributed by atoms with Crippen molar-refractivity contribution < 1.29 is 14.6 Å². The van der Waals surface area contributed by atoms with Gasteiger partial charge in [-0.1, -0.05) is 58.4 Å². The molecule has 1 aliphatic rings. The topological polar surface area (TPSA) is 73.0 Å². The number of hydrogen-bond acceptors (Lipinski definition) is 5. The highest BCUT2D eigenvalue weighted by molar-refractivity contribution is 7.98. The van der Waals surface area contributed by atoms with E-state index in [4.69, 9.17) is 11.6 Å². The number of thioether (sulfide) groups is 1. The van der Waals surface area contributed by atoms with Crippen LogP contribution in [-0.2, 0) is 4.79 Å². The third kappa shape index (κ3) is 2.93. The summed E-state index contributed by atoms with van der Waals surface area (Å²) in [5.41, 5.74) is 2.31. The van der Waals surface area contributed by atoms with E-state index in [0.29, 0.717) is 27.1 Å². The molecule has 0 spiro atoms. The zero-order valence-electron chi connectivity index (χ0n) is 14.6. The molecule has 1 aliphatic heterocycles. The molecule has 0 bridgehead atoms. The van der Waals surface area contributed by atoms with Gasteiger partial charge in [-0.25, -0.2) is 9.88 Å². The van der Waals surface area contributed by atoms with Crippen LogP contribution < -0.4 is 14.7 Å². The molecule has 6 nitrogen and oxygen atoms in total. The smallest absolute Gasteiger partial charge is 0.293 e.